The van der Waals surface area contributed by atoms with E-state index in [2.05, 4.69) is 27.4 Å². The first-order valence-corrected chi connectivity index (χ1v) is 9.89. The molecular formula is C18H36IN5O2. The summed E-state index contributed by atoms with van der Waals surface area (Å²) in [5.74, 6) is 1.19. The van der Waals surface area contributed by atoms with Gasteiger partial charge in [-0.1, -0.05) is 0 Å². The lowest BCUT2D eigenvalue weighted by atomic mass is 10.3. The molecule has 0 atom stereocenters. The molecule has 2 N–H and O–H groups in total. The van der Waals surface area contributed by atoms with E-state index in [1.807, 2.05) is 4.90 Å². The Labute approximate surface area is 175 Å². The molecule has 152 valence electrons. The van der Waals surface area contributed by atoms with E-state index in [0.717, 1.165) is 97.2 Å². The topological polar surface area (TPSA) is 69.2 Å². The van der Waals surface area contributed by atoms with Crippen LogP contribution >= 0.6 is 24.0 Å². The van der Waals surface area contributed by atoms with E-state index in [4.69, 9.17) is 4.74 Å². The highest BCUT2D eigenvalue weighted by atomic mass is 127. The molecule has 0 aromatic carbocycles. The van der Waals surface area contributed by atoms with Crippen LogP contribution in [0, 0.1) is 0 Å². The molecule has 2 saturated heterocycles. The number of carbonyl (C=O) groups is 1. The number of morpholine rings is 1. The van der Waals surface area contributed by atoms with Gasteiger partial charge in [-0.2, -0.15) is 0 Å². The smallest absolute Gasteiger partial charge is 0.222 e. The third kappa shape index (κ3) is 9.36. The number of rotatable bonds is 10. The molecule has 26 heavy (non-hydrogen) atoms. The Morgan fingerprint density at radius 2 is 1.92 bits per heavy atom. The van der Waals surface area contributed by atoms with Crippen molar-refractivity contribution in [2.24, 2.45) is 4.99 Å². The van der Waals surface area contributed by atoms with E-state index in [9.17, 15) is 4.79 Å². The summed E-state index contributed by atoms with van der Waals surface area (Å²) in [7, 11) is 0. The van der Waals surface area contributed by atoms with E-state index in [0.29, 0.717) is 5.91 Å². The number of likely N-dealkylation sites (tertiary alicyclic amines) is 1. The highest BCUT2D eigenvalue weighted by Crippen LogP contribution is 2.09. The molecule has 8 heteroatoms. The molecule has 0 aromatic heterocycles. The number of nitrogens with zero attached hydrogens (tertiary/aromatic N) is 3. The second-order valence-corrected chi connectivity index (χ2v) is 6.69. The number of hydrogen-bond donors (Lipinski definition) is 2. The third-order valence-electron chi connectivity index (χ3n) is 4.67. The van der Waals surface area contributed by atoms with Crippen LogP contribution in [-0.4, -0.2) is 87.2 Å². The zero-order valence-electron chi connectivity index (χ0n) is 16.2. The average molecular weight is 481 g/mol. The van der Waals surface area contributed by atoms with Crippen LogP contribution in [0.2, 0.25) is 0 Å². The zero-order chi connectivity index (χ0) is 17.7. The minimum atomic E-state index is 0. The largest absolute Gasteiger partial charge is 0.379 e. The van der Waals surface area contributed by atoms with Crippen molar-refractivity contribution in [3.8, 4) is 0 Å². The van der Waals surface area contributed by atoms with E-state index in [1.165, 1.54) is 6.42 Å². The van der Waals surface area contributed by atoms with Crippen LogP contribution < -0.4 is 10.6 Å². The van der Waals surface area contributed by atoms with E-state index in [-0.39, 0.29) is 24.0 Å². The summed E-state index contributed by atoms with van der Waals surface area (Å²) < 4.78 is 5.37. The first-order valence-electron chi connectivity index (χ1n) is 9.89. The van der Waals surface area contributed by atoms with Gasteiger partial charge in [0.2, 0.25) is 5.91 Å². The normalized spacial score (nSPS) is 18.7. The zero-order valence-corrected chi connectivity index (χ0v) is 18.5. The van der Waals surface area contributed by atoms with Crippen LogP contribution in [0.1, 0.15) is 39.0 Å². The van der Waals surface area contributed by atoms with Gasteiger partial charge in [-0.15, -0.1) is 24.0 Å². The fraction of sp³-hybridized carbons (Fsp3) is 0.889. The molecule has 0 spiro atoms. The molecule has 0 aliphatic carbocycles. The molecule has 0 aromatic rings. The summed E-state index contributed by atoms with van der Waals surface area (Å²) >= 11 is 0. The summed E-state index contributed by atoms with van der Waals surface area (Å²) in [6.07, 6.45) is 5.00. The third-order valence-corrected chi connectivity index (χ3v) is 4.67. The Bertz CT molecular complexity index is 416. The maximum Gasteiger partial charge on any atom is 0.222 e. The van der Waals surface area contributed by atoms with Gasteiger partial charge in [0.05, 0.1) is 13.2 Å². The molecule has 2 rings (SSSR count). The molecule has 2 heterocycles. The fourth-order valence-corrected chi connectivity index (χ4v) is 3.23. The van der Waals surface area contributed by atoms with Gasteiger partial charge in [0.15, 0.2) is 5.96 Å². The monoisotopic (exact) mass is 481 g/mol. The van der Waals surface area contributed by atoms with Crippen LogP contribution in [0.5, 0.6) is 0 Å². The number of ether oxygens (including phenoxy) is 1. The van der Waals surface area contributed by atoms with Gasteiger partial charge >= 0.3 is 0 Å². The van der Waals surface area contributed by atoms with E-state index >= 15 is 0 Å². The SMILES string of the molecule is CCNC(=NCCCN1CCCC1=O)NCCCCN1CCOCC1.I. The van der Waals surface area contributed by atoms with Crippen LogP contribution in [-0.2, 0) is 9.53 Å². The number of nitrogens with one attached hydrogen (secondary N) is 2. The summed E-state index contributed by atoms with van der Waals surface area (Å²) in [6, 6.07) is 0. The van der Waals surface area contributed by atoms with Crippen molar-refractivity contribution in [2.45, 2.75) is 39.0 Å². The summed E-state index contributed by atoms with van der Waals surface area (Å²) in [5, 5.41) is 6.70. The van der Waals surface area contributed by atoms with Crippen molar-refractivity contribution in [2.75, 3.05) is 65.6 Å². The average Bonchev–Trinajstić information content (AvgIpc) is 3.04. The van der Waals surface area contributed by atoms with Gasteiger partial charge < -0.3 is 20.3 Å². The van der Waals surface area contributed by atoms with Crippen molar-refractivity contribution < 1.29 is 9.53 Å². The van der Waals surface area contributed by atoms with Crippen molar-refractivity contribution >= 4 is 35.8 Å². The summed E-state index contributed by atoms with van der Waals surface area (Å²) in [4.78, 5) is 20.6. The standard InChI is InChI=1S/C18H35N5O2.HI/c1-2-19-18(21-9-6-12-23-11-5-7-17(23)24)20-8-3-4-10-22-13-15-25-16-14-22;/h2-16H2,1H3,(H2,19,20,21);1H. The first-order chi connectivity index (χ1) is 12.3. The molecule has 2 fully saturated rings. The number of hydrogen-bond acceptors (Lipinski definition) is 4. The van der Waals surface area contributed by atoms with Crippen molar-refractivity contribution in [3.05, 3.63) is 0 Å². The van der Waals surface area contributed by atoms with Crippen molar-refractivity contribution in [3.63, 3.8) is 0 Å². The Hall–Kier alpha value is -0.610. The van der Waals surface area contributed by atoms with Crippen molar-refractivity contribution in [1.82, 2.24) is 20.4 Å². The lowest BCUT2D eigenvalue weighted by molar-refractivity contribution is -0.127. The summed E-state index contributed by atoms with van der Waals surface area (Å²) in [6.45, 7) is 11.4. The molecule has 0 radical (unpaired) electrons. The van der Waals surface area contributed by atoms with Gasteiger partial charge in [-0.25, -0.2) is 0 Å². The van der Waals surface area contributed by atoms with Gasteiger partial charge in [-0.3, -0.25) is 14.7 Å². The maximum atomic E-state index is 11.6. The Morgan fingerprint density at radius 3 is 2.62 bits per heavy atom. The van der Waals surface area contributed by atoms with Gasteiger partial charge in [0.1, 0.15) is 0 Å². The quantitative estimate of drug-likeness (QED) is 0.213. The number of aliphatic imine (C=N–C) groups is 1. The Kier molecular flexibility index (Phi) is 13.0. The molecule has 0 bridgehead atoms. The number of halogens is 1. The van der Waals surface area contributed by atoms with E-state index < -0.39 is 0 Å². The number of amides is 1. The highest BCUT2D eigenvalue weighted by molar-refractivity contribution is 14.0. The second-order valence-electron chi connectivity index (χ2n) is 6.69. The highest BCUT2D eigenvalue weighted by Gasteiger charge is 2.18. The molecule has 7 nitrogen and oxygen atoms in total. The van der Waals surface area contributed by atoms with Crippen molar-refractivity contribution in [1.29, 1.82) is 0 Å². The molecule has 2 aliphatic rings. The predicted octanol–water partition coefficient (Wildman–Crippen LogP) is 1.28. The first kappa shape index (κ1) is 23.4. The maximum absolute atomic E-state index is 11.6. The van der Waals surface area contributed by atoms with Gasteiger partial charge in [-0.05, 0) is 39.2 Å². The minimum absolute atomic E-state index is 0. The van der Waals surface area contributed by atoms with Crippen LogP contribution in [0.25, 0.3) is 0 Å². The van der Waals surface area contributed by atoms with Crippen LogP contribution in [0.15, 0.2) is 4.99 Å². The molecule has 2 aliphatic heterocycles. The van der Waals surface area contributed by atoms with Crippen LogP contribution in [0.3, 0.4) is 0 Å². The molecule has 0 saturated carbocycles. The van der Waals surface area contributed by atoms with E-state index in [1.54, 1.807) is 0 Å². The van der Waals surface area contributed by atoms with Gasteiger partial charge in [0, 0.05) is 52.2 Å². The molecule has 0 unspecified atom stereocenters. The fourth-order valence-electron chi connectivity index (χ4n) is 3.23. The number of unbranched alkanes of at least 4 members (excludes halogenated alkanes) is 1. The number of carbonyl (C=O) groups excluding carboxylic acids is 1. The number of guanidine groups is 1. The van der Waals surface area contributed by atoms with Gasteiger partial charge in [0.25, 0.3) is 0 Å². The minimum Gasteiger partial charge on any atom is -0.379 e. The lowest BCUT2D eigenvalue weighted by Crippen LogP contribution is -2.39. The Balaban J connectivity index is 0.00000338. The van der Waals surface area contributed by atoms with Crippen LogP contribution in [0.4, 0.5) is 0 Å². The molecule has 1 amide bonds. The summed E-state index contributed by atoms with van der Waals surface area (Å²) in [5.41, 5.74) is 0. The lowest BCUT2D eigenvalue weighted by Gasteiger charge is -2.26. The second kappa shape index (κ2) is 14.4. The molecular weight excluding hydrogens is 445 g/mol. The predicted molar refractivity (Wildman–Crippen MR) is 116 cm³/mol. The Morgan fingerprint density at radius 1 is 1.12 bits per heavy atom.